The van der Waals surface area contributed by atoms with Gasteiger partial charge in [0, 0.05) is 11.3 Å². The van der Waals surface area contributed by atoms with Gasteiger partial charge in [0.05, 0.1) is 16.0 Å². The van der Waals surface area contributed by atoms with E-state index < -0.39 is 15.8 Å². The second kappa shape index (κ2) is 8.08. The van der Waals surface area contributed by atoms with Crippen molar-refractivity contribution in [1.29, 1.82) is 0 Å². The number of fused-ring (bicyclic) bond motifs is 1. The Labute approximate surface area is 178 Å². The Hall–Kier alpha value is -2.90. The summed E-state index contributed by atoms with van der Waals surface area (Å²) in [6.07, 6.45) is 1.78. The third-order valence-corrected chi connectivity index (χ3v) is 6.71. The molecular weight excluding hydrogens is 427 g/mol. The number of carbonyl (C=O) groups is 1. The van der Waals surface area contributed by atoms with Crippen LogP contribution in [0.25, 0.3) is 0 Å². The average Bonchev–Trinajstić information content (AvgIpc) is 3.13. The molecule has 30 heavy (non-hydrogen) atoms. The van der Waals surface area contributed by atoms with E-state index in [9.17, 15) is 17.6 Å². The first-order chi connectivity index (χ1) is 14.3. The molecule has 5 nitrogen and oxygen atoms in total. The molecule has 0 radical (unpaired) electrons. The molecule has 1 atom stereocenters. The summed E-state index contributed by atoms with van der Waals surface area (Å²) in [5.74, 6) is -0.924. The van der Waals surface area contributed by atoms with E-state index in [-0.39, 0.29) is 27.6 Å². The molecule has 0 aromatic heterocycles. The molecule has 2 N–H and O–H groups in total. The summed E-state index contributed by atoms with van der Waals surface area (Å²) < 4.78 is 40.6. The Balaban J connectivity index is 1.45. The summed E-state index contributed by atoms with van der Waals surface area (Å²) in [5.41, 5.74) is 3.08. The van der Waals surface area contributed by atoms with Crippen LogP contribution in [0.1, 0.15) is 33.9 Å². The van der Waals surface area contributed by atoms with Gasteiger partial charge in [-0.05, 0) is 66.4 Å². The molecule has 1 unspecified atom stereocenters. The van der Waals surface area contributed by atoms with Crippen LogP contribution < -0.4 is 10.0 Å². The zero-order valence-electron chi connectivity index (χ0n) is 15.7. The third kappa shape index (κ3) is 4.17. The van der Waals surface area contributed by atoms with E-state index in [1.54, 1.807) is 12.1 Å². The van der Waals surface area contributed by atoms with Gasteiger partial charge in [-0.25, -0.2) is 12.8 Å². The molecule has 1 amide bonds. The molecule has 0 bridgehead atoms. The van der Waals surface area contributed by atoms with Crippen molar-refractivity contribution in [1.82, 2.24) is 5.32 Å². The number of carbonyl (C=O) groups excluding carboxylic acids is 1. The van der Waals surface area contributed by atoms with Crippen LogP contribution in [0.4, 0.5) is 10.1 Å². The Morgan fingerprint density at radius 1 is 1.03 bits per heavy atom. The largest absolute Gasteiger partial charge is 0.345 e. The molecule has 154 valence electrons. The van der Waals surface area contributed by atoms with Crippen LogP contribution in [0, 0.1) is 5.82 Å². The average molecular weight is 445 g/mol. The molecule has 1 aliphatic rings. The Morgan fingerprint density at radius 2 is 1.77 bits per heavy atom. The van der Waals surface area contributed by atoms with Crippen molar-refractivity contribution in [3.63, 3.8) is 0 Å². The van der Waals surface area contributed by atoms with Crippen molar-refractivity contribution >= 4 is 33.2 Å². The number of aryl methyl sites for hydroxylation is 1. The summed E-state index contributed by atoms with van der Waals surface area (Å²) >= 11 is 5.67. The van der Waals surface area contributed by atoms with Gasteiger partial charge in [-0.1, -0.05) is 35.9 Å². The lowest BCUT2D eigenvalue weighted by Crippen LogP contribution is -2.27. The first-order valence-electron chi connectivity index (χ1n) is 9.30. The van der Waals surface area contributed by atoms with Crippen LogP contribution in [0.2, 0.25) is 5.02 Å². The number of benzene rings is 3. The molecule has 0 spiro atoms. The fourth-order valence-electron chi connectivity index (χ4n) is 3.50. The Kier molecular flexibility index (Phi) is 5.49. The van der Waals surface area contributed by atoms with Gasteiger partial charge < -0.3 is 5.32 Å². The van der Waals surface area contributed by atoms with E-state index in [0.717, 1.165) is 36.6 Å². The normalized spacial score (nSPS) is 15.5. The fraction of sp³-hybridized carbons (Fsp3) is 0.136. The maximum Gasteiger partial charge on any atom is 0.261 e. The van der Waals surface area contributed by atoms with E-state index in [1.807, 2.05) is 18.2 Å². The number of rotatable bonds is 5. The number of nitrogens with one attached hydrogen (secondary N) is 2. The van der Waals surface area contributed by atoms with Gasteiger partial charge in [-0.3, -0.25) is 9.52 Å². The summed E-state index contributed by atoms with van der Waals surface area (Å²) in [5, 5.41) is 2.75. The van der Waals surface area contributed by atoms with Gasteiger partial charge in [-0.15, -0.1) is 0 Å². The predicted molar refractivity (Wildman–Crippen MR) is 114 cm³/mol. The molecule has 0 aliphatic heterocycles. The van der Waals surface area contributed by atoms with Gasteiger partial charge in [0.2, 0.25) is 0 Å². The standard InChI is InChI=1S/C22H18ClFN2O3S/c23-19-13-17(10-11-20(19)24)30(28,29)26-16-8-5-15(6-9-16)22(27)25-21-12-7-14-3-1-2-4-18(14)21/h1-6,8-11,13,21,26H,7,12H2,(H,25,27). The second-order valence-electron chi connectivity index (χ2n) is 7.02. The molecule has 0 heterocycles. The van der Waals surface area contributed by atoms with Crippen LogP contribution in [-0.4, -0.2) is 14.3 Å². The summed E-state index contributed by atoms with van der Waals surface area (Å²) in [4.78, 5) is 12.4. The molecule has 0 fully saturated rings. The molecular formula is C22H18ClFN2O3S. The zero-order chi connectivity index (χ0) is 21.3. The highest BCUT2D eigenvalue weighted by Crippen LogP contribution is 2.31. The number of halogens is 2. The van der Waals surface area contributed by atoms with Gasteiger partial charge in [0.15, 0.2) is 0 Å². The van der Waals surface area contributed by atoms with Crippen molar-refractivity contribution in [2.45, 2.75) is 23.8 Å². The SMILES string of the molecule is O=C(NC1CCc2ccccc21)c1ccc(NS(=O)(=O)c2ccc(F)c(Cl)c2)cc1. The Morgan fingerprint density at radius 3 is 2.50 bits per heavy atom. The minimum absolute atomic E-state index is 0.0323. The summed E-state index contributed by atoms with van der Waals surface area (Å²) in [6, 6.07) is 17.3. The quantitative estimate of drug-likeness (QED) is 0.599. The monoisotopic (exact) mass is 444 g/mol. The van der Waals surface area contributed by atoms with E-state index in [1.165, 1.54) is 17.7 Å². The second-order valence-corrected chi connectivity index (χ2v) is 9.11. The minimum atomic E-state index is -3.94. The molecule has 0 saturated carbocycles. The summed E-state index contributed by atoms with van der Waals surface area (Å²) in [7, 11) is -3.94. The maximum absolute atomic E-state index is 13.3. The van der Waals surface area contributed by atoms with E-state index in [4.69, 9.17) is 11.6 Å². The first-order valence-corrected chi connectivity index (χ1v) is 11.2. The van der Waals surface area contributed by atoms with Crippen molar-refractivity contribution in [2.24, 2.45) is 0 Å². The van der Waals surface area contributed by atoms with Crippen molar-refractivity contribution in [3.8, 4) is 0 Å². The van der Waals surface area contributed by atoms with Gasteiger partial charge in [0.25, 0.3) is 15.9 Å². The van der Waals surface area contributed by atoms with Crippen LogP contribution in [0.5, 0.6) is 0 Å². The molecule has 8 heteroatoms. The highest BCUT2D eigenvalue weighted by Gasteiger charge is 2.24. The number of hydrogen-bond acceptors (Lipinski definition) is 3. The number of hydrogen-bond donors (Lipinski definition) is 2. The van der Waals surface area contributed by atoms with Crippen molar-refractivity contribution in [3.05, 3.63) is 94.3 Å². The molecule has 4 rings (SSSR count). The van der Waals surface area contributed by atoms with Crippen LogP contribution in [-0.2, 0) is 16.4 Å². The van der Waals surface area contributed by atoms with E-state index in [2.05, 4.69) is 16.1 Å². The van der Waals surface area contributed by atoms with Crippen LogP contribution in [0.3, 0.4) is 0 Å². The van der Waals surface area contributed by atoms with Gasteiger partial charge in [0.1, 0.15) is 5.82 Å². The lowest BCUT2D eigenvalue weighted by molar-refractivity contribution is 0.0936. The van der Waals surface area contributed by atoms with E-state index in [0.29, 0.717) is 5.56 Å². The van der Waals surface area contributed by atoms with Crippen molar-refractivity contribution < 1.29 is 17.6 Å². The lowest BCUT2D eigenvalue weighted by atomic mass is 10.1. The lowest BCUT2D eigenvalue weighted by Gasteiger charge is -2.14. The number of anilines is 1. The zero-order valence-corrected chi connectivity index (χ0v) is 17.3. The fourth-order valence-corrected chi connectivity index (χ4v) is 4.83. The molecule has 1 aliphatic carbocycles. The van der Waals surface area contributed by atoms with Crippen LogP contribution in [0.15, 0.2) is 71.6 Å². The molecule has 3 aromatic rings. The minimum Gasteiger partial charge on any atom is -0.345 e. The van der Waals surface area contributed by atoms with Gasteiger partial charge in [-0.2, -0.15) is 0 Å². The summed E-state index contributed by atoms with van der Waals surface area (Å²) in [6.45, 7) is 0. The van der Waals surface area contributed by atoms with E-state index >= 15 is 0 Å². The number of amides is 1. The predicted octanol–water partition coefficient (Wildman–Crippen LogP) is 4.70. The number of sulfonamides is 1. The third-order valence-electron chi connectivity index (χ3n) is 5.04. The maximum atomic E-state index is 13.3. The van der Waals surface area contributed by atoms with Crippen LogP contribution >= 0.6 is 11.6 Å². The smallest absolute Gasteiger partial charge is 0.261 e. The first kappa shape index (κ1) is 20.4. The topological polar surface area (TPSA) is 75.3 Å². The van der Waals surface area contributed by atoms with Crippen molar-refractivity contribution in [2.75, 3.05) is 4.72 Å². The highest BCUT2D eigenvalue weighted by molar-refractivity contribution is 7.92. The molecule has 3 aromatic carbocycles. The highest BCUT2D eigenvalue weighted by atomic mass is 35.5. The van der Waals surface area contributed by atoms with Gasteiger partial charge >= 0.3 is 0 Å². The molecule has 0 saturated heterocycles. The Bertz CT molecular complexity index is 1210.